The fourth-order valence-electron chi connectivity index (χ4n) is 2.09. The van der Waals surface area contributed by atoms with Gasteiger partial charge in [-0.2, -0.15) is 4.98 Å². The molecule has 0 atom stereocenters. The van der Waals surface area contributed by atoms with Gasteiger partial charge in [0.25, 0.3) is 0 Å². The number of ether oxygens (including phenoxy) is 1. The average Bonchev–Trinajstić information content (AvgIpc) is 2.96. The van der Waals surface area contributed by atoms with Crippen molar-refractivity contribution in [3.8, 4) is 23.2 Å². The van der Waals surface area contributed by atoms with Crippen molar-refractivity contribution >= 4 is 5.69 Å². The van der Waals surface area contributed by atoms with Gasteiger partial charge in [0.05, 0.1) is 7.11 Å². The molecule has 0 aliphatic carbocycles. The molecule has 3 aromatic rings. The van der Waals surface area contributed by atoms with Gasteiger partial charge in [0.1, 0.15) is 5.82 Å². The van der Waals surface area contributed by atoms with E-state index in [2.05, 4.69) is 15.0 Å². The Balaban J connectivity index is 2.13. The number of rotatable bonds is 3. The molecule has 106 valence electrons. The summed E-state index contributed by atoms with van der Waals surface area (Å²) in [6, 6.07) is 9.32. The van der Waals surface area contributed by atoms with E-state index in [-0.39, 0.29) is 0 Å². The van der Waals surface area contributed by atoms with Gasteiger partial charge in [0.15, 0.2) is 0 Å². The summed E-state index contributed by atoms with van der Waals surface area (Å²) in [5, 5.41) is 0. The lowest BCUT2D eigenvalue weighted by Gasteiger charge is -2.09. The second kappa shape index (κ2) is 5.24. The highest BCUT2D eigenvalue weighted by Crippen LogP contribution is 2.22. The molecule has 2 aromatic heterocycles. The Morgan fingerprint density at radius 3 is 2.81 bits per heavy atom. The van der Waals surface area contributed by atoms with Gasteiger partial charge in [-0.3, -0.25) is 4.57 Å². The Bertz CT molecular complexity index is 781. The molecule has 3 rings (SSSR count). The molecule has 1 aromatic carbocycles. The number of nitrogen functional groups attached to an aromatic ring is 1. The molecule has 0 saturated carbocycles. The molecule has 0 aliphatic rings. The van der Waals surface area contributed by atoms with E-state index in [1.807, 2.05) is 42.0 Å². The first-order valence-corrected chi connectivity index (χ1v) is 6.46. The molecule has 0 unspecified atom stereocenters. The van der Waals surface area contributed by atoms with Gasteiger partial charge in [-0.1, -0.05) is 12.1 Å². The number of benzene rings is 1. The van der Waals surface area contributed by atoms with Crippen LogP contribution in [0.1, 0.15) is 5.69 Å². The molecular weight excluding hydrogens is 266 g/mol. The first-order chi connectivity index (χ1) is 10.2. The highest BCUT2D eigenvalue weighted by molar-refractivity contribution is 5.62. The molecule has 0 fully saturated rings. The highest BCUT2D eigenvalue weighted by atomic mass is 16.5. The second-order valence-electron chi connectivity index (χ2n) is 4.60. The number of hydrogen-bond donors (Lipinski definition) is 1. The number of nitrogens with two attached hydrogens (primary N) is 1. The Morgan fingerprint density at radius 1 is 1.19 bits per heavy atom. The van der Waals surface area contributed by atoms with Crippen molar-refractivity contribution in [1.82, 2.24) is 19.5 Å². The summed E-state index contributed by atoms with van der Waals surface area (Å²) in [6.45, 7) is 1.89. The number of imidazole rings is 1. The smallest absolute Gasteiger partial charge is 0.238 e. The topological polar surface area (TPSA) is 78.8 Å². The van der Waals surface area contributed by atoms with Crippen LogP contribution in [0.15, 0.2) is 42.7 Å². The van der Waals surface area contributed by atoms with Crippen molar-refractivity contribution in [2.24, 2.45) is 0 Å². The Kier molecular flexibility index (Phi) is 3.27. The molecule has 0 amide bonds. The minimum Gasteiger partial charge on any atom is -0.481 e. The summed E-state index contributed by atoms with van der Waals surface area (Å²) >= 11 is 0. The Morgan fingerprint density at radius 2 is 2.05 bits per heavy atom. The molecule has 0 radical (unpaired) electrons. The summed E-state index contributed by atoms with van der Waals surface area (Å²) in [6.07, 6.45) is 3.52. The summed E-state index contributed by atoms with van der Waals surface area (Å²) < 4.78 is 7.00. The lowest BCUT2D eigenvalue weighted by Crippen LogP contribution is -2.05. The Labute approximate surface area is 122 Å². The maximum absolute atomic E-state index is 5.83. The summed E-state index contributed by atoms with van der Waals surface area (Å²) in [5.41, 5.74) is 8.25. The van der Waals surface area contributed by atoms with Crippen molar-refractivity contribution in [2.45, 2.75) is 6.92 Å². The summed E-state index contributed by atoms with van der Waals surface area (Å²) in [4.78, 5) is 13.2. The van der Waals surface area contributed by atoms with E-state index < -0.39 is 0 Å². The van der Waals surface area contributed by atoms with Gasteiger partial charge in [0.2, 0.25) is 11.8 Å². The molecule has 6 nitrogen and oxygen atoms in total. The van der Waals surface area contributed by atoms with E-state index >= 15 is 0 Å². The van der Waals surface area contributed by atoms with Crippen LogP contribution < -0.4 is 10.5 Å². The molecule has 6 heteroatoms. The lowest BCUT2D eigenvalue weighted by molar-refractivity contribution is 0.395. The number of aromatic nitrogens is 4. The van der Waals surface area contributed by atoms with E-state index in [1.54, 1.807) is 19.4 Å². The predicted molar refractivity (Wildman–Crippen MR) is 80.3 cm³/mol. The first-order valence-electron chi connectivity index (χ1n) is 6.46. The zero-order valence-electron chi connectivity index (χ0n) is 11.8. The molecule has 2 heterocycles. The minimum absolute atomic E-state index is 0.516. The number of aryl methyl sites for hydroxylation is 1. The van der Waals surface area contributed by atoms with E-state index in [0.717, 1.165) is 17.1 Å². The molecule has 0 spiro atoms. The SMILES string of the molecule is COc1cc(C)nc(-n2ccnc2-c2cccc(N)c2)n1. The standard InChI is InChI=1S/C15H15N5O/c1-10-8-13(21-2)19-15(18-10)20-7-6-17-14(20)11-4-3-5-12(16)9-11/h3-9H,16H2,1-2H3. The van der Waals surface area contributed by atoms with Crippen molar-refractivity contribution in [3.05, 3.63) is 48.4 Å². The fraction of sp³-hybridized carbons (Fsp3) is 0.133. The highest BCUT2D eigenvalue weighted by Gasteiger charge is 2.11. The molecule has 21 heavy (non-hydrogen) atoms. The van der Waals surface area contributed by atoms with Crippen molar-refractivity contribution in [2.75, 3.05) is 12.8 Å². The van der Waals surface area contributed by atoms with Crippen LogP contribution in [0.2, 0.25) is 0 Å². The molecule has 0 aliphatic heterocycles. The lowest BCUT2D eigenvalue weighted by atomic mass is 10.2. The normalized spacial score (nSPS) is 10.6. The van der Waals surface area contributed by atoms with Crippen molar-refractivity contribution in [3.63, 3.8) is 0 Å². The van der Waals surface area contributed by atoms with Crippen LogP contribution in [0.5, 0.6) is 5.88 Å². The van der Waals surface area contributed by atoms with Crippen LogP contribution >= 0.6 is 0 Å². The maximum atomic E-state index is 5.83. The molecule has 0 bridgehead atoms. The second-order valence-corrected chi connectivity index (χ2v) is 4.60. The van der Waals surface area contributed by atoms with Crippen LogP contribution in [0.25, 0.3) is 17.3 Å². The monoisotopic (exact) mass is 281 g/mol. The molecule has 0 saturated heterocycles. The fourth-order valence-corrected chi connectivity index (χ4v) is 2.09. The average molecular weight is 281 g/mol. The van der Waals surface area contributed by atoms with Crippen molar-refractivity contribution in [1.29, 1.82) is 0 Å². The molecular formula is C15H15N5O. The van der Waals surface area contributed by atoms with E-state index in [4.69, 9.17) is 10.5 Å². The van der Waals surface area contributed by atoms with Gasteiger partial charge in [-0.25, -0.2) is 9.97 Å². The van der Waals surface area contributed by atoms with Crippen LogP contribution in [-0.2, 0) is 0 Å². The van der Waals surface area contributed by atoms with Crippen LogP contribution in [-0.4, -0.2) is 26.6 Å². The third-order valence-corrected chi connectivity index (χ3v) is 3.03. The van der Waals surface area contributed by atoms with Gasteiger partial charge in [-0.15, -0.1) is 0 Å². The number of nitrogens with zero attached hydrogens (tertiary/aromatic N) is 4. The van der Waals surface area contributed by atoms with Gasteiger partial charge in [0, 0.05) is 35.4 Å². The zero-order valence-corrected chi connectivity index (χ0v) is 11.8. The van der Waals surface area contributed by atoms with Gasteiger partial charge < -0.3 is 10.5 Å². The third kappa shape index (κ3) is 2.55. The molecule has 2 N–H and O–H groups in total. The van der Waals surface area contributed by atoms with Gasteiger partial charge >= 0.3 is 0 Å². The van der Waals surface area contributed by atoms with E-state index in [9.17, 15) is 0 Å². The number of anilines is 1. The number of hydrogen-bond acceptors (Lipinski definition) is 5. The van der Waals surface area contributed by atoms with Crippen LogP contribution in [0.3, 0.4) is 0 Å². The largest absolute Gasteiger partial charge is 0.481 e. The predicted octanol–water partition coefficient (Wildman–Crippen LogP) is 2.23. The zero-order chi connectivity index (χ0) is 14.8. The maximum Gasteiger partial charge on any atom is 0.238 e. The van der Waals surface area contributed by atoms with Crippen LogP contribution in [0.4, 0.5) is 5.69 Å². The summed E-state index contributed by atoms with van der Waals surface area (Å²) in [7, 11) is 1.58. The Hall–Kier alpha value is -2.89. The van der Waals surface area contributed by atoms with Gasteiger partial charge in [-0.05, 0) is 19.1 Å². The van der Waals surface area contributed by atoms with Crippen LogP contribution in [0, 0.1) is 6.92 Å². The van der Waals surface area contributed by atoms with E-state index in [1.165, 1.54) is 0 Å². The first kappa shape index (κ1) is 13.1. The third-order valence-electron chi connectivity index (χ3n) is 3.03. The van der Waals surface area contributed by atoms with E-state index in [0.29, 0.717) is 17.5 Å². The number of methoxy groups -OCH3 is 1. The van der Waals surface area contributed by atoms with Crippen molar-refractivity contribution < 1.29 is 4.74 Å². The summed E-state index contributed by atoms with van der Waals surface area (Å²) in [5.74, 6) is 1.77. The quantitative estimate of drug-likeness (QED) is 0.745. The minimum atomic E-state index is 0.516.